The molecule has 100 valence electrons. The monoisotopic (exact) mass is 246 g/mol. The van der Waals surface area contributed by atoms with E-state index in [9.17, 15) is 0 Å². The zero-order valence-electron chi connectivity index (χ0n) is 11.9. The first-order valence-corrected chi connectivity index (χ1v) is 7.19. The first-order valence-electron chi connectivity index (χ1n) is 7.19. The lowest BCUT2D eigenvalue weighted by Gasteiger charge is -2.39. The lowest BCUT2D eigenvalue weighted by atomic mass is 9.70. The largest absolute Gasteiger partial charge is 0.313 e. The summed E-state index contributed by atoms with van der Waals surface area (Å²) in [6.07, 6.45) is 8.88. The number of aromatic nitrogens is 1. The molecule has 2 atom stereocenters. The van der Waals surface area contributed by atoms with E-state index in [1.54, 1.807) is 0 Å². The topological polar surface area (TPSA) is 24.9 Å². The average Bonchev–Trinajstić information content (AvgIpc) is 2.33. The minimum Gasteiger partial charge on any atom is -0.313 e. The van der Waals surface area contributed by atoms with Gasteiger partial charge in [0.1, 0.15) is 0 Å². The molecule has 1 fully saturated rings. The van der Waals surface area contributed by atoms with Gasteiger partial charge in [0.15, 0.2) is 0 Å². The highest BCUT2D eigenvalue weighted by molar-refractivity contribution is 5.09. The third-order valence-electron chi connectivity index (χ3n) is 4.26. The molecule has 0 saturated heterocycles. The fourth-order valence-corrected chi connectivity index (χ4v) is 3.20. The third kappa shape index (κ3) is 3.81. The fourth-order valence-electron chi connectivity index (χ4n) is 3.20. The summed E-state index contributed by atoms with van der Waals surface area (Å²) in [5.41, 5.74) is 1.92. The number of rotatable bonds is 4. The summed E-state index contributed by atoms with van der Waals surface area (Å²) >= 11 is 0. The Morgan fingerprint density at radius 1 is 1.33 bits per heavy atom. The maximum Gasteiger partial charge on any atom is 0.0270 e. The van der Waals surface area contributed by atoms with E-state index in [4.69, 9.17) is 0 Å². The van der Waals surface area contributed by atoms with Crippen molar-refractivity contribution in [3.63, 3.8) is 0 Å². The molecule has 2 nitrogen and oxygen atoms in total. The molecule has 0 radical (unpaired) electrons. The minimum absolute atomic E-state index is 0.544. The van der Waals surface area contributed by atoms with Crippen LogP contribution in [0.1, 0.15) is 45.6 Å². The van der Waals surface area contributed by atoms with E-state index in [0.29, 0.717) is 11.5 Å². The molecule has 1 aliphatic rings. The van der Waals surface area contributed by atoms with Gasteiger partial charge in [-0.1, -0.05) is 20.8 Å². The van der Waals surface area contributed by atoms with Gasteiger partial charge >= 0.3 is 0 Å². The van der Waals surface area contributed by atoms with Gasteiger partial charge in [0.05, 0.1) is 0 Å². The van der Waals surface area contributed by atoms with Crippen LogP contribution in [0, 0.1) is 11.3 Å². The summed E-state index contributed by atoms with van der Waals surface area (Å²) in [5, 5.41) is 3.74. The van der Waals surface area contributed by atoms with Crippen LogP contribution in [0.4, 0.5) is 0 Å². The molecule has 18 heavy (non-hydrogen) atoms. The molecule has 0 amide bonds. The number of nitrogens with one attached hydrogen (secondary N) is 1. The zero-order valence-corrected chi connectivity index (χ0v) is 11.9. The number of hydrogen-bond acceptors (Lipinski definition) is 2. The second kappa shape index (κ2) is 5.83. The van der Waals surface area contributed by atoms with Gasteiger partial charge in [-0.2, -0.15) is 0 Å². The van der Waals surface area contributed by atoms with E-state index in [1.165, 1.54) is 24.8 Å². The summed E-state index contributed by atoms with van der Waals surface area (Å²) in [6.45, 7) is 8.28. The molecule has 0 spiro atoms. The van der Waals surface area contributed by atoms with Crippen molar-refractivity contribution in [3.05, 3.63) is 30.1 Å². The molecule has 1 N–H and O–H groups in total. The zero-order chi connectivity index (χ0) is 13.0. The van der Waals surface area contributed by atoms with Gasteiger partial charge in [-0.3, -0.25) is 4.98 Å². The molecule has 1 heterocycles. The smallest absolute Gasteiger partial charge is 0.0270 e. The third-order valence-corrected chi connectivity index (χ3v) is 4.26. The van der Waals surface area contributed by atoms with Crippen molar-refractivity contribution in [2.75, 3.05) is 6.54 Å². The fraction of sp³-hybridized carbons (Fsp3) is 0.688. The highest BCUT2D eigenvalue weighted by atomic mass is 14.9. The number of pyridine rings is 1. The summed E-state index contributed by atoms with van der Waals surface area (Å²) in [6, 6.07) is 4.92. The van der Waals surface area contributed by atoms with E-state index in [0.717, 1.165) is 18.9 Å². The van der Waals surface area contributed by atoms with Crippen molar-refractivity contribution >= 4 is 0 Å². The standard InChI is InChI=1S/C16H26N2/c1-13-12-16(2,3)8-4-15(13)18-11-7-14-5-9-17-10-6-14/h5-6,9-10,13,15,18H,4,7-8,11-12H2,1-3H3. The predicted molar refractivity (Wildman–Crippen MR) is 76.5 cm³/mol. The molecule has 1 saturated carbocycles. The van der Waals surface area contributed by atoms with Crippen LogP contribution in [-0.4, -0.2) is 17.6 Å². The first-order chi connectivity index (χ1) is 8.57. The second-order valence-corrected chi connectivity index (χ2v) is 6.55. The summed E-state index contributed by atoms with van der Waals surface area (Å²) in [5.74, 6) is 0.797. The number of hydrogen-bond donors (Lipinski definition) is 1. The van der Waals surface area contributed by atoms with E-state index >= 15 is 0 Å². The molecular formula is C16H26N2. The van der Waals surface area contributed by atoms with E-state index in [1.807, 2.05) is 12.4 Å². The SMILES string of the molecule is CC1CC(C)(C)CCC1NCCc1ccncc1. The molecule has 0 aliphatic heterocycles. The van der Waals surface area contributed by atoms with Gasteiger partial charge in [-0.25, -0.2) is 0 Å². The Balaban J connectivity index is 1.74. The van der Waals surface area contributed by atoms with Crippen molar-refractivity contribution in [2.24, 2.45) is 11.3 Å². The van der Waals surface area contributed by atoms with Crippen molar-refractivity contribution in [2.45, 2.75) is 52.5 Å². The Kier molecular flexibility index (Phi) is 4.39. The molecule has 2 unspecified atom stereocenters. The van der Waals surface area contributed by atoms with Crippen molar-refractivity contribution in [3.8, 4) is 0 Å². The Labute approximate surface area is 111 Å². The van der Waals surface area contributed by atoms with Gasteiger partial charge in [-0.05, 0) is 61.3 Å². The van der Waals surface area contributed by atoms with Crippen LogP contribution in [0.2, 0.25) is 0 Å². The van der Waals surface area contributed by atoms with Crippen LogP contribution in [0.25, 0.3) is 0 Å². The van der Waals surface area contributed by atoms with E-state index in [2.05, 4.69) is 43.2 Å². The average molecular weight is 246 g/mol. The lowest BCUT2D eigenvalue weighted by Crippen LogP contribution is -2.42. The van der Waals surface area contributed by atoms with E-state index < -0.39 is 0 Å². The Bertz CT molecular complexity index is 359. The number of nitrogens with zero attached hydrogens (tertiary/aromatic N) is 1. The normalized spacial score (nSPS) is 27.1. The molecular weight excluding hydrogens is 220 g/mol. The van der Waals surface area contributed by atoms with Crippen molar-refractivity contribution in [1.82, 2.24) is 10.3 Å². The lowest BCUT2D eigenvalue weighted by molar-refractivity contribution is 0.149. The molecule has 0 aromatic carbocycles. The summed E-state index contributed by atoms with van der Waals surface area (Å²) < 4.78 is 0. The van der Waals surface area contributed by atoms with Gasteiger partial charge in [0, 0.05) is 18.4 Å². The molecule has 0 bridgehead atoms. The molecule has 1 aromatic heterocycles. The highest BCUT2D eigenvalue weighted by Crippen LogP contribution is 2.38. The van der Waals surface area contributed by atoms with Gasteiger partial charge < -0.3 is 5.32 Å². The quantitative estimate of drug-likeness (QED) is 0.880. The van der Waals surface area contributed by atoms with Gasteiger partial charge in [0.25, 0.3) is 0 Å². The van der Waals surface area contributed by atoms with Crippen LogP contribution >= 0.6 is 0 Å². The highest BCUT2D eigenvalue weighted by Gasteiger charge is 2.31. The van der Waals surface area contributed by atoms with Gasteiger partial charge in [0.2, 0.25) is 0 Å². The van der Waals surface area contributed by atoms with Crippen molar-refractivity contribution in [1.29, 1.82) is 0 Å². The summed E-state index contributed by atoms with van der Waals surface area (Å²) in [7, 11) is 0. The molecule has 1 aliphatic carbocycles. The van der Waals surface area contributed by atoms with E-state index in [-0.39, 0.29) is 0 Å². The van der Waals surface area contributed by atoms with Crippen molar-refractivity contribution < 1.29 is 0 Å². The second-order valence-electron chi connectivity index (χ2n) is 6.55. The van der Waals surface area contributed by atoms with Crippen LogP contribution in [-0.2, 0) is 6.42 Å². The van der Waals surface area contributed by atoms with Crippen LogP contribution < -0.4 is 5.32 Å². The van der Waals surface area contributed by atoms with Crippen LogP contribution in [0.15, 0.2) is 24.5 Å². The summed E-state index contributed by atoms with van der Waals surface area (Å²) in [4.78, 5) is 4.05. The first kappa shape index (κ1) is 13.5. The van der Waals surface area contributed by atoms with Gasteiger partial charge in [-0.15, -0.1) is 0 Å². The maximum absolute atomic E-state index is 4.05. The Hall–Kier alpha value is -0.890. The Morgan fingerprint density at radius 2 is 2.06 bits per heavy atom. The Morgan fingerprint density at radius 3 is 2.72 bits per heavy atom. The van der Waals surface area contributed by atoms with Crippen LogP contribution in [0.3, 0.4) is 0 Å². The molecule has 2 rings (SSSR count). The minimum atomic E-state index is 0.544. The predicted octanol–water partition coefficient (Wildman–Crippen LogP) is 3.43. The maximum atomic E-state index is 4.05. The van der Waals surface area contributed by atoms with Crippen LogP contribution in [0.5, 0.6) is 0 Å². The molecule has 2 heteroatoms. The molecule has 1 aromatic rings.